The number of benzene rings is 1. The first-order chi connectivity index (χ1) is 18.6. The van der Waals surface area contributed by atoms with Crippen LogP contribution in [0.25, 0.3) is 10.8 Å². The molecule has 2 aromatic rings. The van der Waals surface area contributed by atoms with Crippen LogP contribution in [0.5, 0.6) is 0 Å². The van der Waals surface area contributed by atoms with Gasteiger partial charge in [-0.2, -0.15) is 4.31 Å². The molecule has 0 spiro atoms. The minimum atomic E-state index is -3.86. The summed E-state index contributed by atoms with van der Waals surface area (Å²) < 4.78 is 39.1. The molecule has 12 nitrogen and oxygen atoms in total. The van der Waals surface area contributed by atoms with Gasteiger partial charge in [-0.05, 0) is 60.1 Å². The number of rotatable bonds is 6. The molecule has 2 heterocycles. The van der Waals surface area contributed by atoms with Gasteiger partial charge in [0, 0.05) is 49.3 Å². The lowest BCUT2D eigenvalue weighted by Gasteiger charge is -2.28. The van der Waals surface area contributed by atoms with Crippen LogP contribution in [0.1, 0.15) is 48.0 Å². The topological polar surface area (TPSA) is 147 Å². The number of nitrogens with zero attached hydrogens (tertiary/aromatic N) is 3. The molecule has 1 atom stereocenters. The number of sulfonamides is 1. The van der Waals surface area contributed by atoms with E-state index < -0.39 is 45.4 Å². The zero-order chi connectivity index (χ0) is 29.7. The lowest BCUT2D eigenvalue weighted by molar-refractivity contribution is -0.133. The second kappa shape index (κ2) is 12.4. The van der Waals surface area contributed by atoms with Crippen molar-refractivity contribution < 1.29 is 32.3 Å². The number of carbonyl (C=O) groups is 3. The summed E-state index contributed by atoms with van der Waals surface area (Å²) in [6, 6.07) is 5.55. The number of hydrogen-bond acceptors (Lipinski definition) is 8. The third-order valence-corrected chi connectivity index (χ3v) is 7.82. The maximum Gasteiger partial charge on any atom is 0.408 e. The van der Waals surface area contributed by atoms with Gasteiger partial charge in [0.25, 0.3) is 0 Å². The Morgan fingerprint density at radius 1 is 0.950 bits per heavy atom. The summed E-state index contributed by atoms with van der Waals surface area (Å²) in [6.07, 6.45) is 1.99. The molecular weight excluding hydrogens is 538 g/mol. The maximum atomic E-state index is 13.6. The van der Waals surface area contributed by atoms with Crippen molar-refractivity contribution in [1.29, 1.82) is 0 Å². The highest BCUT2D eigenvalue weighted by atomic mass is 32.2. The van der Waals surface area contributed by atoms with E-state index >= 15 is 0 Å². The van der Waals surface area contributed by atoms with Crippen LogP contribution in [0, 0.1) is 0 Å². The first-order valence-electron chi connectivity index (χ1n) is 13.1. The van der Waals surface area contributed by atoms with Gasteiger partial charge in [-0.1, -0.05) is 12.1 Å². The monoisotopic (exact) mass is 577 g/mol. The van der Waals surface area contributed by atoms with Crippen LogP contribution in [0.15, 0.2) is 41.6 Å². The molecule has 3 rings (SSSR count). The second-order valence-corrected chi connectivity index (χ2v) is 13.4. The fourth-order valence-electron chi connectivity index (χ4n) is 4.18. The molecule has 0 unspecified atom stereocenters. The Hall–Kier alpha value is -3.45. The van der Waals surface area contributed by atoms with Crippen LogP contribution in [0.2, 0.25) is 0 Å². The van der Waals surface area contributed by atoms with Gasteiger partial charge in [0.05, 0.1) is 11.4 Å². The molecule has 0 bridgehead atoms. The number of aromatic nitrogens is 1. The molecule has 1 aliphatic heterocycles. The Bertz CT molecular complexity index is 1330. The molecule has 1 saturated heterocycles. The largest absolute Gasteiger partial charge is 0.444 e. The van der Waals surface area contributed by atoms with Crippen LogP contribution in [-0.4, -0.2) is 90.7 Å². The van der Waals surface area contributed by atoms with Crippen molar-refractivity contribution in [1.82, 2.24) is 24.8 Å². The van der Waals surface area contributed by atoms with Gasteiger partial charge in [-0.25, -0.2) is 18.0 Å². The lowest BCUT2D eigenvalue weighted by atomic mass is 10.2. The number of nitrogens with one attached hydrogen (secondary N) is 2. The minimum Gasteiger partial charge on any atom is -0.444 e. The second-order valence-electron chi connectivity index (χ2n) is 11.5. The Balaban J connectivity index is 1.75. The van der Waals surface area contributed by atoms with Crippen LogP contribution in [0.3, 0.4) is 0 Å². The summed E-state index contributed by atoms with van der Waals surface area (Å²) in [5, 5.41) is 6.35. The average Bonchev–Trinajstić information content (AvgIpc) is 3.10. The molecule has 0 radical (unpaired) electrons. The molecule has 1 aromatic carbocycles. The van der Waals surface area contributed by atoms with E-state index in [4.69, 9.17) is 9.47 Å². The normalized spacial score (nSPS) is 16.1. The molecule has 1 aliphatic rings. The summed E-state index contributed by atoms with van der Waals surface area (Å²) >= 11 is 0. The fraction of sp³-hybridized carbons (Fsp3) is 0.556. The molecule has 0 aliphatic carbocycles. The zero-order valence-corrected chi connectivity index (χ0v) is 24.7. The third-order valence-electron chi connectivity index (χ3n) is 5.86. The Morgan fingerprint density at radius 3 is 2.30 bits per heavy atom. The molecule has 2 N–H and O–H groups in total. The van der Waals surface area contributed by atoms with E-state index in [0.29, 0.717) is 17.2 Å². The zero-order valence-electron chi connectivity index (χ0n) is 23.9. The van der Waals surface area contributed by atoms with Crippen molar-refractivity contribution in [3.63, 3.8) is 0 Å². The van der Waals surface area contributed by atoms with Gasteiger partial charge in [0.1, 0.15) is 17.2 Å². The SMILES string of the molecule is CC(C)(C)OC(=O)NC[C@@H](NC(=O)OC(C)(C)C)C(=O)N1CCCN(S(=O)(=O)c2cccc3cnccc23)CC1. The van der Waals surface area contributed by atoms with E-state index in [1.54, 1.807) is 78.2 Å². The first kappa shape index (κ1) is 31.1. The number of pyridine rings is 1. The quantitative estimate of drug-likeness (QED) is 0.533. The van der Waals surface area contributed by atoms with Gasteiger partial charge in [0.2, 0.25) is 15.9 Å². The summed E-state index contributed by atoms with van der Waals surface area (Å²) in [4.78, 5) is 44.0. The molecule has 1 fully saturated rings. The highest BCUT2D eigenvalue weighted by Crippen LogP contribution is 2.26. The van der Waals surface area contributed by atoms with Crippen LogP contribution >= 0.6 is 0 Å². The van der Waals surface area contributed by atoms with Gasteiger partial charge < -0.3 is 25.0 Å². The summed E-state index contributed by atoms with van der Waals surface area (Å²) in [6.45, 7) is 10.6. The van der Waals surface area contributed by atoms with E-state index in [9.17, 15) is 22.8 Å². The molecule has 3 amide bonds. The fourth-order valence-corrected chi connectivity index (χ4v) is 5.87. The maximum absolute atomic E-state index is 13.6. The van der Waals surface area contributed by atoms with Crippen LogP contribution in [0.4, 0.5) is 9.59 Å². The highest BCUT2D eigenvalue weighted by Gasteiger charge is 2.33. The Morgan fingerprint density at radius 2 is 1.62 bits per heavy atom. The predicted octanol–water partition coefficient (Wildman–Crippen LogP) is 2.88. The highest BCUT2D eigenvalue weighted by molar-refractivity contribution is 7.89. The summed E-state index contributed by atoms with van der Waals surface area (Å²) in [7, 11) is -3.86. The van der Waals surface area contributed by atoms with Gasteiger partial charge in [-0.3, -0.25) is 9.78 Å². The number of alkyl carbamates (subject to hydrolysis) is 2. The smallest absolute Gasteiger partial charge is 0.408 e. The van der Waals surface area contributed by atoms with Crippen LogP contribution in [-0.2, 0) is 24.3 Å². The number of amides is 3. The van der Waals surface area contributed by atoms with Crippen molar-refractivity contribution in [2.45, 2.75) is 70.1 Å². The van der Waals surface area contributed by atoms with E-state index in [1.165, 1.54) is 9.21 Å². The summed E-state index contributed by atoms with van der Waals surface area (Å²) in [5.41, 5.74) is -1.55. The minimum absolute atomic E-state index is 0.0637. The van der Waals surface area contributed by atoms with Crippen molar-refractivity contribution >= 4 is 38.9 Å². The molecule has 0 saturated carbocycles. The van der Waals surface area contributed by atoms with Gasteiger partial charge >= 0.3 is 12.2 Å². The van der Waals surface area contributed by atoms with E-state index in [-0.39, 0.29) is 37.6 Å². The van der Waals surface area contributed by atoms with E-state index in [2.05, 4.69) is 15.6 Å². The number of ether oxygens (including phenoxy) is 2. The van der Waals surface area contributed by atoms with E-state index in [0.717, 1.165) is 0 Å². The molecule has 13 heteroatoms. The summed E-state index contributed by atoms with van der Waals surface area (Å²) in [5.74, 6) is -0.475. The van der Waals surface area contributed by atoms with Crippen molar-refractivity contribution in [2.75, 3.05) is 32.7 Å². The lowest BCUT2D eigenvalue weighted by Crippen LogP contribution is -2.55. The first-order valence-corrected chi connectivity index (χ1v) is 14.6. The third kappa shape index (κ3) is 8.52. The van der Waals surface area contributed by atoms with Crippen LogP contribution < -0.4 is 10.6 Å². The molecule has 220 valence electrons. The van der Waals surface area contributed by atoms with Crippen molar-refractivity contribution in [2.24, 2.45) is 0 Å². The average molecular weight is 578 g/mol. The Labute approximate surface area is 235 Å². The molecule has 40 heavy (non-hydrogen) atoms. The Kier molecular flexibility index (Phi) is 9.62. The number of carbonyl (C=O) groups excluding carboxylic acids is 3. The van der Waals surface area contributed by atoms with Crippen molar-refractivity contribution in [3.8, 4) is 0 Å². The number of fused-ring (bicyclic) bond motifs is 1. The number of hydrogen-bond donors (Lipinski definition) is 2. The van der Waals surface area contributed by atoms with Gasteiger partial charge in [-0.15, -0.1) is 0 Å². The molecular formula is C27H39N5O7S. The predicted molar refractivity (Wildman–Crippen MR) is 149 cm³/mol. The van der Waals surface area contributed by atoms with E-state index in [1.807, 2.05) is 0 Å². The van der Waals surface area contributed by atoms with Gasteiger partial charge in [0.15, 0.2) is 0 Å². The van der Waals surface area contributed by atoms with Crippen molar-refractivity contribution in [3.05, 3.63) is 36.7 Å². The standard InChI is InChI=1S/C27H39N5O7S/c1-26(2,3)38-24(34)29-18-21(30-25(35)39-27(4,5)6)23(33)31-13-8-14-32(16-15-31)40(36,37)22-10-7-9-19-17-28-12-11-20(19)22/h7,9-12,17,21H,8,13-16,18H2,1-6H3,(H,29,34)(H,30,35)/t21-/m1/s1. The molecule has 1 aromatic heterocycles.